The molecule has 0 spiro atoms. The van der Waals surface area contributed by atoms with Crippen molar-refractivity contribution in [1.29, 1.82) is 0 Å². The van der Waals surface area contributed by atoms with Gasteiger partial charge in [0.15, 0.2) is 0 Å². The first-order valence-electron chi connectivity index (χ1n) is 6.32. The van der Waals surface area contributed by atoms with Gasteiger partial charge in [0, 0.05) is 24.4 Å². The average molecular weight is 220 g/mol. The van der Waals surface area contributed by atoms with Gasteiger partial charge in [0.05, 0.1) is 0 Å². The van der Waals surface area contributed by atoms with Gasteiger partial charge in [0.1, 0.15) is 0 Å². The van der Waals surface area contributed by atoms with Gasteiger partial charge in [-0.1, -0.05) is 33.3 Å². The molecule has 16 heavy (non-hydrogen) atoms. The summed E-state index contributed by atoms with van der Waals surface area (Å²) >= 11 is 0. The molecule has 0 aliphatic heterocycles. The molecule has 0 saturated carbocycles. The molecule has 2 atom stereocenters. The summed E-state index contributed by atoms with van der Waals surface area (Å²) < 4.78 is 0. The van der Waals surface area contributed by atoms with Crippen molar-refractivity contribution in [3.63, 3.8) is 0 Å². The maximum atomic E-state index is 4.48. The second-order valence-electron chi connectivity index (χ2n) is 4.52. The summed E-state index contributed by atoms with van der Waals surface area (Å²) in [7, 11) is 0. The van der Waals surface area contributed by atoms with Crippen molar-refractivity contribution in [2.75, 3.05) is 6.54 Å². The minimum Gasteiger partial charge on any atom is -0.314 e. The zero-order chi connectivity index (χ0) is 12.0. The number of aryl methyl sites for hydroxylation is 1. The normalized spacial score (nSPS) is 14.8. The molecule has 2 nitrogen and oxygen atoms in total. The lowest BCUT2D eigenvalue weighted by atomic mass is 9.93. The van der Waals surface area contributed by atoms with E-state index in [2.05, 4.69) is 44.1 Å². The van der Waals surface area contributed by atoms with Gasteiger partial charge >= 0.3 is 0 Å². The molecule has 90 valence electrons. The number of aromatic nitrogens is 1. The first-order chi connectivity index (χ1) is 7.69. The van der Waals surface area contributed by atoms with Gasteiger partial charge in [-0.3, -0.25) is 4.98 Å². The molecule has 1 rings (SSSR count). The third kappa shape index (κ3) is 3.60. The first kappa shape index (κ1) is 13.2. The number of pyridine rings is 1. The fourth-order valence-corrected chi connectivity index (χ4v) is 1.96. The topological polar surface area (TPSA) is 24.9 Å². The maximum Gasteiger partial charge on any atom is 0.0448 e. The Kier molecular flexibility index (Phi) is 5.47. The number of hydrogen-bond acceptors (Lipinski definition) is 2. The largest absolute Gasteiger partial charge is 0.314 e. The lowest BCUT2D eigenvalue weighted by Crippen LogP contribution is -2.37. The van der Waals surface area contributed by atoms with Gasteiger partial charge in [-0.15, -0.1) is 0 Å². The summed E-state index contributed by atoms with van der Waals surface area (Å²) in [4.78, 5) is 4.48. The second-order valence-corrected chi connectivity index (χ2v) is 4.52. The van der Waals surface area contributed by atoms with Gasteiger partial charge in [-0.05, 0) is 31.0 Å². The van der Waals surface area contributed by atoms with Crippen LogP contribution in [0.3, 0.4) is 0 Å². The molecule has 2 heteroatoms. The van der Waals surface area contributed by atoms with Crippen LogP contribution >= 0.6 is 0 Å². The molecule has 0 aliphatic rings. The quantitative estimate of drug-likeness (QED) is 0.797. The van der Waals surface area contributed by atoms with E-state index in [-0.39, 0.29) is 0 Å². The Labute approximate surface area is 99.5 Å². The van der Waals surface area contributed by atoms with Crippen molar-refractivity contribution in [3.05, 3.63) is 29.6 Å². The predicted molar refractivity (Wildman–Crippen MR) is 69.6 cm³/mol. The van der Waals surface area contributed by atoms with Gasteiger partial charge in [-0.25, -0.2) is 0 Å². The van der Waals surface area contributed by atoms with Gasteiger partial charge in [0.2, 0.25) is 0 Å². The van der Waals surface area contributed by atoms with Crippen LogP contribution < -0.4 is 5.32 Å². The summed E-state index contributed by atoms with van der Waals surface area (Å²) in [6, 6.07) is 4.69. The molecule has 1 N–H and O–H groups in total. The van der Waals surface area contributed by atoms with E-state index in [1.807, 2.05) is 12.3 Å². The Morgan fingerprint density at radius 1 is 1.38 bits per heavy atom. The van der Waals surface area contributed by atoms with Gasteiger partial charge in [-0.2, -0.15) is 0 Å². The van der Waals surface area contributed by atoms with Crippen LogP contribution in [0, 0.1) is 12.8 Å². The van der Waals surface area contributed by atoms with Crippen molar-refractivity contribution < 1.29 is 0 Å². The molecule has 0 amide bonds. The van der Waals surface area contributed by atoms with Gasteiger partial charge in [0.25, 0.3) is 0 Å². The third-order valence-electron chi connectivity index (χ3n) is 3.33. The molecule has 0 fully saturated rings. The number of nitrogens with zero attached hydrogens (tertiary/aromatic N) is 1. The first-order valence-corrected chi connectivity index (χ1v) is 6.32. The van der Waals surface area contributed by atoms with Crippen LogP contribution in [0.1, 0.15) is 38.4 Å². The van der Waals surface area contributed by atoms with Crippen LogP contribution in [0.15, 0.2) is 18.3 Å². The molecule has 0 aromatic carbocycles. The Morgan fingerprint density at radius 3 is 2.69 bits per heavy atom. The minimum atomic E-state index is 0.545. The molecule has 0 saturated heterocycles. The summed E-state index contributed by atoms with van der Waals surface area (Å²) in [5.41, 5.74) is 2.53. The smallest absolute Gasteiger partial charge is 0.0448 e. The van der Waals surface area contributed by atoms with E-state index in [0.29, 0.717) is 12.0 Å². The van der Waals surface area contributed by atoms with Crippen molar-refractivity contribution in [1.82, 2.24) is 10.3 Å². The lowest BCUT2D eigenvalue weighted by molar-refractivity contribution is 0.368. The van der Waals surface area contributed by atoms with Crippen molar-refractivity contribution in [2.45, 2.75) is 46.6 Å². The van der Waals surface area contributed by atoms with Crippen LogP contribution in [0.2, 0.25) is 0 Å². The monoisotopic (exact) mass is 220 g/mol. The molecular weight excluding hydrogens is 196 g/mol. The zero-order valence-corrected chi connectivity index (χ0v) is 11.0. The van der Waals surface area contributed by atoms with Crippen LogP contribution in [0.5, 0.6) is 0 Å². The summed E-state index contributed by atoms with van der Waals surface area (Å²) in [6.07, 6.45) is 4.14. The SMILES string of the molecule is CCNC(Cc1ncccc1C)C(C)CC. The fourth-order valence-electron chi connectivity index (χ4n) is 1.96. The predicted octanol–water partition coefficient (Wildman–Crippen LogP) is 2.96. The zero-order valence-electron chi connectivity index (χ0n) is 11.0. The van der Waals surface area contributed by atoms with E-state index in [1.54, 1.807) is 0 Å². The maximum absolute atomic E-state index is 4.48. The molecule has 0 radical (unpaired) electrons. The summed E-state index contributed by atoms with van der Waals surface area (Å²) in [6.45, 7) is 9.90. The number of hydrogen-bond donors (Lipinski definition) is 1. The van der Waals surface area contributed by atoms with E-state index in [1.165, 1.54) is 17.7 Å². The second kappa shape index (κ2) is 6.64. The molecule has 1 heterocycles. The highest BCUT2D eigenvalue weighted by molar-refractivity contribution is 5.18. The number of rotatable bonds is 6. The summed E-state index contributed by atoms with van der Waals surface area (Å²) in [5, 5.41) is 3.57. The minimum absolute atomic E-state index is 0.545. The van der Waals surface area contributed by atoms with Crippen LogP contribution in [-0.2, 0) is 6.42 Å². The van der Waals surface area contributed by atoms with Crippen LogP contribution in [0.4, 0.5) is 0 Å². The Balaban J connectivity index is 2.71. The highest BCUT2D eigenvalue weighted by atomic mass is 14.9. The Bertz CT molecular complexity index is 309. The van der Waals surface area contributed by atoms with Crippen molar-refractivity contribution >= 4 is 0 Å². The number of nitrogens with one attached hydrogen (secondary N) is 1. The molecule has 1 aromatic heterocycles. The average Bonchev–Trinajstić information content (AvgIpc) is 2.30. The van der Waals surface area contributed by atoms with E-state index >= 15 is 0 Å². The summed E-state index contributed by atoms with van der Waals surface area (Å²) in [5.74, 6) is 0.696. The number of likely N-dealkylation sites (N-methyl/N-ethyl adjacent to an activating group) is 1. The van der Waals surface area contributed by atoms with Crippen molar-refractivity contribution in [2.24, 2.45) is 5.92 Å². The van der Waals surface area contributed by atoms with Crippen LogP contribution in [0.25, 0.3) is 0 Å². The van der Waals surface area contributed by atoms with Crippen LogP contribution in [-0.4, -0.2) is 17.6 Å². The van der Waals surface area contributed by atoms with Crippen molar-refractivity contribution in [3.8, 4) is 0 Å². The molecule has 1 aromatic rings. The standard InChI is InChI=1S/C14H24N2/c1-5-11(3)13(15-6-2)10-14-12(4)8-7-9-16-14/h7-9,11,13,15H,5-6,10H2,1-4H3. The third-order valence-corrected chi connectivity index (χ3v) is 3.33. The molecular formula is C14H24N2. The fraction of sp³-hybridized carbons (Fsp3) is 0.643. The lowest BCUT2D eigenvalue weighted by Gasteiger charge is -2.24. The highest BCUT2D eigenvalue weighted by Crippen LogP contribution is 2.14. The molecule has 0 bridgehead atoms. The molecule has 2 unspecified atom stereocenters. The molecule has 0 aliphatic carbocycles. The Hall–Kier alpha value is -0.890. The van der Waals surface area contributed by atoms with Gasteiger partial charge < -0.3 is 5.32 Å². The highest BCUT2D eigenvalue weighted by Gasteiger charge is 2.16. The van der Waals surface area contributed by atoms with E-state index < -0.39 is 0 Å². The van der Waals surface area contributed by atoms with E-state index in [0.717, 1.165) is 13.0 Å². The Morgan fingerprint density at radius 2 is 2.12 bits per heavy atom. The van der Waals surface area contributed by atoms with E-state index in [4.69, 9.17) is 0 Å². The van der Waals surface area contributed by atoms with E-state index in [9.17, 15) is 0 Å².